The molecule has 0 aliphatic rings. The van der Waals surface area contributed by atoms with Gasteiger partial charge in [-0.3, -0.25) is 0 Å². The molecule has 0 fully saturated rings. The van der Waals surface area contributed by atoms with E-state index < -0.39 is 21.8 Å². The average Bonchev–Trinajstić information content (AvgIpc) is 3.36. The molecule has 0 aliphatic carbocycles. The van der Waals surface area contributed by atoms with Crippen LogP contribution in [-0.4, -0.2) is 39.2 Å². The number of hydrogen-bond donors (Lipinski definition) is 2. The summed E-state index contributed by atoms with van der Waals surface area (Å²) in [5.41, 5.74) is 2.51. The second-order valence-electron chi connectivity index (χ2n) is 7.35. The first-order valence-corrected chi connectivity index (χ1v) is 11.5. The lowest BCUT2D eigenvalue weighted by molar-refractivity contribution is -0.144. The van der Waals surface area contributed by atoms with E-state index in [-0.39, 0.29) is 21.9 Å². The number of hydrogen-bond acceptors (Lipinski definition) is 6. The van der Waals surface area contributed by atoms with Crippen molar-refractivity contribution in [2.75, 3.05) is 11.6 Å². The van der Waals surface area contributed by atoms with E-state index in [9.17, 15) is 21.6 Å². The second kappa shape index (κ2) is 7.30. The van der Waals surface area contributed by atoms with Crippen LogP contribution in [0, 0.1) is 0 Å². The second-order valence-corrected chi connectivity index (χ2v) is 9.33. The first-order valence-electron chi connectivity index (χ1n) is 9.58. The van der Waals surface area contributed by atoms with E-state index in [0.29, 0.717) is 22.5 Å². The van der Waals surface area contributed by atoms with Crippen LogP contribution in [0.3, 0.4) is 0 Å². The standard InChI is InChI=1S/C21H15F3N6O2S/c1-33(31,32)18-5-3-2-4-14(18)17-9-7-13-11-25-20(29-30(13)17)26-12-6-8-15-16(10-12)28-19(27-15)21(22,23)24/h2-11H,1H3,(H,26,29)(H,27,28). The minimum Gasteiger partial charge on any atom is -0.334 e. The van der Waals surface area contributed by atoms with Crippen molar-refractivity contribution < 1.29 is 21.6 Å². The van der Waals surface area contributed by atoms with E-state index in [0.717, 1.165) is 6.26 Å². The first-order chi connectivity index (χ1) is 15.6. The Morgan fingerprint density at radius 1 is 1.06 bits per heavy atom. The molecule has 0 saturated heterocycles. The highest BCUT2D eigenvalue weighted by molar-refractivity contribution is 7.90. The van der Waals surface area contributed by atoms with E-state index >= 15 is 0 Å². The number of H-pyrrole nitrogens is 1. The van der Waals surface area contributed by atoms with Crippen molar-refractivity contribution in [3.05, 3.63) is 66.6 Å². The maximum atomic E-state index is 12.9. The highest BCUT2D eigenvalue weighted by Crippen LogP contribution is 2.31. The number of aromatic amines is 1. The molecule has 3 heterocycles. The third kappa shape index (κ3) is 3.89. The smallest absolute Gasteiger partial charge is 0.334 e. The summed E-state index contributed by atoms with van der Waals surface area (Å²) in [6.07, 6.45) is -1.88. The summed E-state index contributed by atoms with van der Waals surface area (Å²) in [4.78, 5) is 10.2. The Labute approximate surface area is 185 Å². The van der Waals surface area contributed by atoms with Crippen molar-refractivity contribution in [3.8, 4) is 11.3 Å². The summed E-state index contributed by atoms with van der Waals surface area (Å²) in [6.45, 7) is 0. The van der Waals surface area contributed by atoms with E-state index in [2.05, 4.69) is 25.4 Å². The Hall–Kier alpha value is -3.93. The lowest BCUT2D eigenvalue weighted by Crippen LogP contribution is -2.06. The Kier molecular flexibility index (Phi) is 4.64. The van der Waals surface area contributed by atoms with Gasteiger partial charge in [0, 0.05) is 17.5 Å². The molecule has 2 N–H and O–H groups in total. The number of fused-ring (bicyclic) bond motifs is 2. The van der Waals surface area contributed by atoms with Crippen molar-refractivity contribution >= 4 is 38.0 Å². The molecule has 0 saturated carbocycles. The quantitative estimate of drug-likeness (QED) is 0.401. The molecule has 0 unspecified atom stereocenters. The summed E-state index contributed by atoms with van der Waals surface area (Å²) in [5.74, 6) is -0.902. The van der Waals surface area contributed by atoms with E-state index in [1.165, 1.54) is 18.2 Å². The number of alkyl halides is 3. The fourth-order valence-corrected chi connectivity index (χ4v) is 4.41. The van der Waals surface area contributed by atoms with Crippen LogP contribution in [0.5, 0.6) is 0 Å². The molecule has 8 nitrogen and oxygen atoms in total. The predicted molar refractivity (Wildman–Crippen MR) is 116 cm³/mol. The van der Waals surface area contributed by atoms with Gasteiger partial charge in [-0.1, -0.05) is 18.2 Å². The van der Waals surface area contributed by atoms with Crippen LogP contribution in [0.4, 0.5) is 24.8 Å². The topological polar surface area (TPSA) is 105 Å². The zero-order valence-corrected chi connectivity index (χ0v) is 17.7. The predicted octanol–water partition coefficient (Wildman–Crippen LogP) is 4.44. The third-order valence-electron chi connectivity index (χ3n) is 4.97. The molecule has 3 aromatic heterocycles. The van der Waals surface area contributed by atoms with Gasteiger partial charge in [0.1, 0.15) is 0 Å². The fraction of sp³-hybridized carbons (Fsp3) is 0.0952. The van der Waals surface area contributed by atoms with Crippen molar-refractivity contribution in [1.82, 2.24) is 24.6 Å². The minimum atomic E-state index is -4.58. The molecule has 0 amide bonds. The molecule has 33 heavy (non-hydrogen) atoms. The average molecular weight is 472 g/mol. The SMILES string of the molecule is CS(=O)(=O)c1ccccc1-c1ccc2cnc(Nc3ccc4nc(C(F)(F)F)[nH]c4c3)nn12. The monoisotopic (exact) mass is 472 g/mol. The number of aromatic nitrogens is 5. The summed E-state index contributed by atoms with van der Waals surface area (Å²) >= 11 is 0. The summed E-state index contributed by atoms with van der Waals surface area (Å²) in [7, 11) is -3.48. The van der Waals surface area contributed by atoms with Gasteiger partial charge in [0.2, 0.25) is 11.8 Å². The number of anilines is 2. The van der Waals surface area contributed by atoms with Crippen LogP contribution in [0.25, 0.3) is 27.8 Å². The molecule has 5 aromatic rings. The Morgan fingerprint density at radius 3 is 2.61 bits per heavy atom. The number of rotatable bonds is 4. The highest BCUT2D eigenvalue weighted by atomic mass is 32.2. The van der Waals surface area contributed by atoms with Gasteiger partial charge in [-0.25, -0.2) is 22.9 Å². The first kappa shape index (κ1) is 20.9. The number of nitrogens with zero attached hydrogens (tertiary/aromatic N) is 4. The van der Waals surface area contributed by atoms with E-state index in [1.807, 2.05) is 0 Å². The van der Waals surface area contributed by atoms with Crippen molar-refractivity contribution in [2.24, 2.45) is 0 Å². The maximum Gasteiger partial charge on any atom is 0.449 e. The lowest BCUT2D eigenvalue weighted by atomic mass is 10.1. The highest BCUT2D eigenvalue weighted by Gasteiger charge is 2.34. The molecular formula is C21H15F3N6O2S. The molecule has 168 valence electrons. The molecule has 5 rings (SSSR count). The van der Waals surface area contributed by atoms with E-state index in [4.69, 9.17) is 0 Å². The van der Waals surface area contributed by atoms with Crippen molar-refractivity contribution in [1.29, 1.82) is 0 Å². The third-order valence-corrected chi connectivity index (χ3v) is 6.12. The van der Waals surface area contributed by atoms with Crippen LogP contribution >= 0.6 is 0 Å². The van der Waals surface area contributed by atoms with Gasteiger partial charge in [-0.2, -0.15) is 13.2 Å². The number of benzene rings is 2. The van der Waals surface area contributed by atoms with E-state index in [1.54, 1.807) is 47.1 Å². The molecular weight excluding hydrogens is 457 g/mol. The van der Waals surface area contributed by atoms with Crippen molar-refractivity contribution in [2.45, 2.75) is 11.1 Å². The zero-order valence-electron chi connectivity index (χ0n) is 16.9. The number of halogens is 3. The molecule has 0 radical (unpaired) electrons. The molecule has 0 spiro atoms. The van der Waals surface area contributed by atoms with Crippen LogP contribution in [0.2, 0.25) is 0 Å². The van der Waals surface area contributed by atoms with Gasteiger partial charge in [0.05, 0.1) is 33.3 Å². The van der Waals surface area contributed by atoms with Crippen LogP contribution < -0.4 is 5.32 Å². The Balaban J connectivity index is 1.54. The van der Waals surface area contributed by atoms with Crippen LogP contribution in [-0.2, 0) is 16.0 Å². The number of nitrogens with one attached hydrogen (secondary N) is 2. The van der Waals surface area contributed by atoms with Gasteiger partial charge in [-0.15, -0.1) is 5.10 Å². The molecule has 2 aromatic carbocycles. The van der Waals surface area contributed by atoms with Crippen LogP contribution in [0.15, 0.2) is 65.7 Å². The Bertz CT molecular complexity index is 1620. The van der Waals surface area contributed by atoms with Gasteiger partial charge >= 0.3 is 6.18 Å². The molecule has 0 aliphatic heterocycles. The molecule has 12 heteroatoms. The number of sulfone groups is 1. The zero-order chi connectivity index (χ0) is 23.4. The summed E-state index contributed by atoms with van der Waals surface area (Å²) in [5, 5.41) is 7.41. The lowest BCUT2D eigenvalue weighted by Gasteiger charge is -2.09. The molecule has 0 atom stereocenters. The van der Waals surface area contributed by atoms with Gasteiger partial charge in [0.15, 0.2) is 9.84 Å². The van der Waals surface area contributed by atoms with Gasteiger partial charge in [-0.05, 0) is 36.4 Å². The Morgan fingerprint density at radius 2 is 1.85 bits per heavy atom. The molecule has 0 bridgehead atoms. The van der Waals surface area contributed by atoms with Crippen LogP contribution in [0.1, 0.15) is 5.82 Å². The summed E-state index contributed by atoms with van der Waals surface area (Å²) in [6, 6.07) is 14.6. The van der Waals surface area contributed by atoms with Gasteiger partial charge in [0.25, 0.3) is 0 Å². The normalized spacial score (nSPS) is 12.5. The van der Waals surface area contributed by atoms with Crippen molar-refractivity contribution in [3.63, 3.8) is 0 Å². The fourth-order valence-electron chi connectivity index (χ4n) is 3.52. The number of imidazole rings is 1. The summed E-state index contributed by atoms with van der Waals surface area (Å²) < 4.78 is 64.7. The van der Waals surface area contributed by atoms with Gasteiger partial charge < -0.3 is 10.3 Å². The largest absolute Gasteiger partial charge is 0.449 e. The maximum absolute atomic E-state index is 12.9. The minimum absolute atomic E-state index is 0.170.